The quantitative estimate of drug-likeness (QED) is 0.387. The molecule has 0 aliphatic carbocycles. The summed E-state index contributed by atoms with van der Waals surface area (Å²) >= 11 is 1.94. The fourth-order valence-electron chi connectivity index (χ4n) is 3.97. The third-order valence-corrected chi connectivity index (χ3v) is 6.68. The van der Waals surface area contributed by atoms with Crippen LogP contribution >= 0.6 is 11.3 Å². The van der Waals surface area contributed by atoms with Crippen LogP contribution in [0.15, 0.2) is 36.7 Å². The molecule has 0 saturated carbocycles. The maximum Gasteiger partial charge on any atom is 0.490 e. The molecule has 4 heterocycles. The maximum atomic E-state index is 10.6. The summed E-state index contributed by atoms with van der Waals surface area (Å²) < 4.78 is 95.2. The van der Waals surface area contributed by atoms with Gasteiger partial charge in [-0.2, -0.15) is 39.5 Å². The third-order valence-electron chi connectivity index (χ3n) is 5.69. The van der Waals surface area contributed by atoms with Gasteiger partial charge in [0.1, 0.15) is 0 Å². The van der Waals surface area contributed by atoms with Crippen molar-refractivity contribution in [1.29, 1.82) is 0 Å². The Morgan fingerprint density at radius 2 is 1.19 bits per heavy atom. The normalized spacial score (nSPS) is 16.4. The van der Waals surface area contributed by atoms with E-state index >= 15 is 0 Å². The number of hydrogen-bond acceptors (Lipinski definition) is 7. The lowest BCUT2D eigenvalue weighted by atomic mass is 9.79. The van der Waals surface area contributed by atoms with Gasteiger partial charge < -0.3 is 15.3 Å². The maximum absolute atomic E-state index is 10.6. The van der Waals surface area contributed by atoms with E-state index in [0.29, 0.717) is 5.41 Å². The number of halogens is 9. The number of thiophene rings is 1. The number of carboxylic acid groups (broad SMARTS) is 3. The first-order valence-corrected chi connectivity index (χ1v) is 12.6. The van der Waals surface area contributed by atoms with Crippen LogP contribution in [0.3, 0.4) is 0 Å². The molecular formula is C24H26F9N3O6S. The smallest absolute Gasteiger partial charge is 0.475 e. The van der Waals surface area contributed by atoms with Gasteiger partial charge in [-0.3, -0.25) is 14.8 Å². The first kappa shape index (κ1) is 37.6. The van der Waals surface area contributed by atoms with Crippen LogP contribution in [0.1, 0.15) is 21.7 Å². The minimum atomic E-state index is -5.08. The molecule has 0 atom stereocenters. The van der Waals surface area contributed by atoms with Crippen molar-refractivity contribution in [2.75, 3.05) is 26.2 Å². The van der Waals surface area contributed by atoms with E-state index in [1.807, 2.05) is 23.7 Å². The summed E-state index contributed by atoms with van der Waals surface area (Å²) in [6, 6.07) is 8.80. The van der Waals surface area contributed by atoms with Crippen molar-refractivity contribution in [3.8, 4) is 0 Å². The zero-order chi connectivity index (χ0) is 33.2. The molecule has 2 fully saturated rings. The molecular weight excluding hydrogens is 629 g/mol. The molecule has 2 aliphatic heterocycles. The average molecular weight is 656 g/mol. The largest absolute Gasteiger partial charge is 0.490 e. The summed E-state index contributed by atoms with van der Waals surface area (Å²) in [5.41, 5.74) is 1.96. The molecule has 3 N–H and O–H groups in total. The fourth-order valence-corrected chi connectivity index (χ4v) is 4.90. The highest BCUT2D eigenvalue weighted by Gasteiger charge is 2.47. The van der Waals surface area contributed by atoms with Crippen LogP contribution in [-0.2, 0) is 27.5 Å². The predicted octanol–water partition coefficient (Wildman–Crippen LogP) is 5.06. The van der Waals surface area contributed by atoms with Crippen LogP contribution in [0, 0.1) is 12.3 Å². The number of nitrogens with zero attached hydrogens (tertiary/aromatic N) is 3. The zero-order valence-electron chi connectivity index (χ0n) is 22.1. The van der Waals surface area contributed by atoms with Gasteiger partial charge in [0.15, 0.2) is 0 Å². The molecule has 0 unspecified atom stereocenters. The Morgan fingerprint density at radius 3 is 1.56 bits per heavy atom. The van der Waals surface area contributed by atoms with Crippen molar-refractivity contribution in [3.63, 3.8) is 0 Å². The van der Waals surface area contributed by atoms with Gasteiger partial charge >= 0.3 is 36.4 Å². The predicted molar refractivity (Wildman–Crippen MR) is 132 cm³/mol. The summed E-state index contributed by atoms with van der Waals surface area (Å²) in [7, 11) is 0. The second-order valence-electron chi connectivity index (χ2n) is 9.38. The van der Waals surface area contributed by atoms with E-state index < -0.39 is 36.4 Å². The summed E-state index contributed by atoms with van der Waals surface area (Å²) in [4.78, 5) is 39.0. The van der Waals surface area contributed by atoms with E-state index in [2.05, 4.69) is 46.0 Å². The standard InChI is InChI=1S/C18H23N3S.3C2HF3O2/c1-15-2-3-17(22-15)11-21-13-18(14-21)6-9-20(12-18)10-16-4-7-19-8-5-16;3*3-2(4,5)1(6)7/h2-5,7-8H,6,9-14H2,1H3;3*(H,6,7). The number of aryl methyl sites for hydroxylation is 1. The summed E-state index contributed by atoms with van der Waals surface area (Å²) in [5, 5.41) is 21.4. The zero-order valence-corrected chi connectivity index (χ0v) is 22.9. The highest BCUT2D eigenvalue weighted by atomic mass is 32.1. The Kier molecular flexibility index (Phi) is 13.4. The van der Waals surface area contributed by atoms with E-state index in [1.54, 1.807) is 0 Å². The van der Waals surface area contributed by atoms with Crippen LogP contribution < -0.4 is 0 Å². The summed E-state index contributed by atoms with van der Waals surface area (Å²) in [6.07, 6.45) is -10.1. The average Bonchev–Trinajstić information content (AvgIpc) is 3.45. The van der Waals surface area contributed by atoms with Crippen LogP contribution in [0.4, 0.5) is 39.5 Å². The van der Waals surface area contributed by atoms with Crippen molar-refractivity contribution >= 4 is 29.2 Å². The second-order valence-corrected chi connectivity index (χ2v) is 10.8. The molecule has 9 nitrogen and oxygen atoms in total. The lowest BCUT2D eigenvalue weighted by molar-refractivity contribution is -0.193. The highest BCUT2D eigenvalue weighted by molar-refractivity contribution is 7.11. The van der Waals surface area contributed by atoms with Crippen LogP contribution in [0.2, 0.25) is 0 Å². The van der Waals surface area contributed by atoms with Crippen LogP contribution in [0.25, 0.3) is 0 Å². The van der Waals surface area contributed by atoms with E-state index in [0.717, 1.165) is 13.1 Å². The lowest BCUT2D eigenvalue weighted by Gasteiger charge is -2.48. The van der Waals surface area contributed by atoms with Crippen LogP contribution in [0.5, 0.6) is 0 Å². The molecule has 0 aromatic carbocycles. The summed E-state index contributed by atoms with van der Waals surface area (Å²) in [6.45, 7) is 9.47. The van der Waals surface area contributed by atoms with Crippen molar-refractivity contribution in [2.45, 2.75) is 45.0 Å². The number of pyridine rings is 1. The fraction of sp³-hybridized carbons (Fsp3) is 0.500. The van der Waals surface area contributed by atoms with Crippen molar-refractivity contribution in [2.24, 2.45) is 5.41 Å². The Bertz CT molecular complexity index is 1140. The SMILES string of the molecule is Cc1ccc(CN2CC3(CCN(Cc4ccncc4)C3)C2)s1.O=C(O)C(F)(F)F.O=C(O)C(F)(F)F.O=C(O)C(F)(F)F. The molecule has 19 heteroatoms. The molecule has 2 aromatic rings. The number of carboxylic acids is 3. The van der Waals surface area contributed by atoms with Gasteiger partial charge in [0.05, 0.1) is 0 Å². The minimum absolute atomic E-state index is 0.569. The summed E-state index contributed by atoms with van der Waals surface area (Å²) in [5.74, 6) is -8.27. The molecule has 242 valence electrons. The van der Waals surface area contributed by atoms with E-state index in [-0.39, 0.29) is 0 Å². The molecule has 1 spiro atoms. The van der Waals surface area contributed by atoms with E-state index in [1.165, 1.54) is 47.9 Å². The van der Waals surface area contributed by atoms with Gasteiger partial charge in [-0.25, -0.2) is 14.4 Å². The second kappa shape index (κ2) is 15.3. The van der Waals surface area contributed by atoms with Crippen molar-refractivity contribution < 1.29 is 69.2 Å². The number of carbonyl (C=O) groups is 3. The Morgan fingerprint density at radius 1 is 0.767 bits per heavy atom. The third kappa shape index (κ3) is 14.0. The van der Waals surface area contributed by atoms with Gasteiger partial charge in [-0.15, -0.1) is 11.3 Å². The van der Waals surface area contributed by atoms with E-state index in [4.69, 9.17) is 29.7 Å². The molecule has 2 aromatic heterocycles. The number of hydrogen-bond donors (Lipinski definition) is 3. The van der Waals surface area contributed by atoms with Crippen molar-refractivity contribution in [1.82, 2.24) is 14.8 Å². The number of likely N-dealkylation sites (tertiary alicyclic amines) is 2. The Labute approximate surface area is 242 Å². The van der Waals surface area contributed by atoms with Gasteiger partial charge in [0.25, 0.3) is 0 Å². The monoisotopic (exact) mass is 655 g/mol. The first-order chi connectivity index (χ1) is 19.5. The lowest BCUT2D eigenvalue weighted by Crippen LogP contribution is -2.56. The molecule has 0 amide bonds. The van der Waals surface area contributed by atoms with Crippen LogP contribution in [-0.4, -0.2) is 92.7 Å². The highest BCUT2D eigenvalue weighted by Crippen LogP contribution is 2.41. The molecule has 2 aliphatic rings. The van der Waals surface area contributed by atoms with E-state index in [9.17, 15) is 39.5 Å². The Balaban J connectivity index is 0.000000363. The molecule has 0 bridgehead atoms. The Hall–Kier alpha value is -3.45. The molecule has 0 radical (unpaired) electrons. The first-order valence-electron chi connectivity index (χ1n) is 11.8. The van der Waals surface area contributed by atoms with Gasteiger partial charge in [-0.05, 0) is 49.7 Å². The number of alkyl halides is 9. The number of aliphatic carboxylic acids is 3. The molecule has 2 saturated heterocycles. The van der Waals surface area contributed by atoms with Gasteiger partial charge in [0.2, 0.25) is 0 Å². The van der Waals surface area contributed by atoms with Gasteiger partial charge in [-0.1, -0.05) is 0 Å². The minimum Gasteiger partial charge on any atom is -0.475 e. The van der Waals surface area contributed by atoms with Gasteiger partial charge in [0, 0.05) is 60.3 Å². The molecule has 43 heavy (non-hydrogen) atoms. The number of rotatable bonds is 4. The topological polar surface area (TPSA) is 131 Å². The molecule has 4 rings (SSSR count). The number of aromatic nitrogens is 1. The van der Waals surface area contributed by atoms with Crippen molar-refractivity contribution in [3.05, 3.63) is 52.0 Å².